The Balaban J connectivity index is 4.02. The molecule has 2 heteroatoms. The molecule has 0 aliphatic heterocycles. The van der Waals surface area contributed by atoms with Crippen molar-refractivity contribution in [2.24, 2.45) is 5.92 Å². The van der Waals surface area contributed by atoms with Crippen molar-refractivity contribution in [2.45, 2.75) is 72.9 Å². The fourth-order valence-corrected chi connectivity index (χ4v) is 2.19. The summed E-state index contributed by atoms with van der Waals surface area (Å²) in [6, 6.07) is 1.34. The van der Waals surface area contributed by atoms with Crippen LogP contribution in [-0.4, -0.2) is 36.6 Å². The lowest BCUT2D eigenvalue weighted by Crippen LogP contribution is -2.44. The van der Waals surface area contributed by atoms with Gasteiger partial charge in [0.05, 0.1) is 0 Å². The summed E-state index contributed by atoms with van der Waals surface area (Å²) in [5, 5.41) is 3.68. The van der Waals surface area contributed by atoms with Crippen LogP contribution >= 0.6 is 0 Å². The maximum atomic E-state index is 3.68. The van der Waals surface area contributed by atoms with Crippen molar-refractivity contribution in [1.82, 2.24) is 10.2 Å². The molecule has 104 valence electrons. The van der Waals surface area contributed by atoms with E-state index >= 15 is 0 Å². The van der Waals surface area contributed by atoms with Gasteiger partial charge in [-0.15, -0.1) is 0 Å². The molecule has 0 amide bonds. The van der Waals surface area contributed by atoms with Crippen LogP contribution in [0.1, 0.15) is 60.8 Å². The van der Waals surface area contributed by atoms with E-state index in [0.717, 1.165) is 19.0 Å². The Bertz CT molecular complexity index is 166. The minimum atomic E-state index is 0.648. The van der Waals surface area contributed by atoms with Crippen LogP contribution in [0, 0.1) is 5.92 Å². The van der Waals surface area contributed by atoms with Gasteiger partial charge < -0.3 is 5.32 Å². The van der Waals surface area contributed by atoms with Crippen molar-refractivity contribution < 1.29 is 0 Å². The molecule has 0 aromatic carbocycles. The summed E-state index contributed by atoms with van der Waals surface area (Å²) in [7, 11) is 0. The minimum Gasteiger partial charge on any atom is -0.312 e. The number of hydrogen-bond donors (Lipinski definition) is 1. The van der Waals surface area contributed by atoms with Crippen LogP contribution in [0.4, 0.5) is 0 Å². The first-order valence-corrected chi connectivity index (χ1v) is 7.56. The molecule has 0 spiro atoms. The second kappa shape index (κ2) is 9.90. The maximum absolute atomic E-state index is 3.68. The minimum absolute atomic E-state index is 0.648. The predicted octanol–water partition coefficient (Wildman–Crippen LogP) is 3.52. The van der Waals surface area contributed by atoms with Gasteiger partial charge in [-0.05, 0) is 32.2 Å². The van der Waals surface area contributed by atoms with Crippen LogP contribution in [0.2, 0.25) is 0 Å². The molecule has 0 fully saturated rings. The van der Waals surface area contributed by atoms with Gasteiger partial charge in [-0.1, -0.05) is 41.0 Å². The third-order valence-electron chi connectivity index (χ3n) is 3.96. The van der Waals surface area contributed by atoms with Crippen LogP contribution in [0.5, 0.6) is 0 Å². The molecule has 0 aromatic rings. The lowest BCUT2D eigenvalue weighted by molar-refractivity contribution is 0.181. The van der Waals surface area contributed by atoms with Gasteiger partial charge in [0.1, 0.15) is 0 Å². The second-order valence-corrected chi connectivity index (χ2v) is 5.37. The third kappa shape index (κ3) is 7.05. The van der Waals surface area contributed by atoms with Crippen LogP contribution < -0.4 is 5.32 Å². The normalized spacial score (nSPS) is 15.5. The standard InChI is InChI=1S/C15H34N2/c1-7-13(5)12-17(10-4)14(6)11-16-15(8-2)9-3/h13-16H,7-12H2,1-6H3. The molecule has 0 aliphatic carbocycles. The number of nitrogens with one attached hydrogen (secondary N) is 1. The van der Waals surface area contributed by atoms with Gasteiger partial charge in [-0.2, -0.15) is 0 Å². The summed E-state index contributed by atoms with van der Waals surface area (Å²) in [4.78, 5) is 2.60. The fourth-order valence-electron chi connectivity index (χ4n) is 2.19. The number of hydrogen-bond acceptors (Lipinski definition) is 2. The molecular weight excluding hydrogens is 208 g/mol. The summed E-state index contributed by atoms with van der Waals surface area (Å²) in [6.45, 7) is 17.3. The number of nitrogens with zero attached hydrogens (tertiary/aromatic N) is 1. The summed E-state index contributed by atoms with van der Waals surface area (Å²) in [5.41, 5.74) is 0. The molecule has 2 unspecified atom stereocenters. The zero-order chi connectivity index (χ0) is 13.3. The lowest BCUT2D eigenvalue weighted by atomic mass is 10.1. The van der Waals surface area contributed by atoms with Crippen LogP contribution in [-0.2, 0) is 0 Å². The van der Waals surface area contributed by atoms with Crippen molar-refractivity contribution in [3.8, 4) is 0 Å². The fraction of sp³-hybridized carbons (Fsp3) is 1.00. The lowest BCUT2D eigenvalue weighted by Gasteiger charge is -2.31. The van der Waals surface area contributed by atoms with Gasteiger partial charge in [0, 0.05) is 25.2 Å². The topological polar surface area (TPSA) is 15.3 Å². The SMILES string of the molecule is CCC(C)CN(CC)C(C)CNC(CC)CC. The van der Waals surface area contributed by atoms with Gasteiger partial charge in [0.2, 0.25) is 0 Å². The van der Waals surface area contributed by atoms with E-state index in [4.69, 9.17) is 0 Å². The predicted molar refractivity (Wildman–Crippen MR) is 78.5 cm³/mol. The average Bonchev–Trinajstić information content (AvgIpc) is 2.36. The van der Waals surface area contributed by atoms with E-state index in [-0.39, 0.29) is 0 Å². The maximum Gasteiger partial charge on any atom is 0.0192 e. The van der Waals surface area contributed by atoms with Crippen LogP contribution in [0.3, 0.4) is 0 Å². The smallest absolute Gasteiger partial charge is 0.0192 e. The van der Waals surface area contributed by atoms with Crippen molar-refractivity contribution >= 4 is 0 Å². The number of rotatable bonds is 10. The zero-order valence-electron chi connectivity index (χ0n) is 12.9. The highest BCUT2D eigenvalue weighted by atomic mass is 15.2. The summed E-state index contributed by atoms with van der Waals surface area (Å²) < 4.78 is 0. The van der Waals surface area contributed by atoms with Gasteiger partial charge in [0.25, 0.3) is 0 Å². The van der Waals surface area contributed by atoms with E-state index in [2.05, 4.69) is 51.8 Å². The van der Waals surface area contributed by atoms with Crippen molar-refractivity contribution in [3.63, 3.8) is 0 Å². The zero-order valence-corrected chi connectivity index (χ0v) is 12.9. The highest BCUT2D eigenvalue weighted by Crippen LogP contribution is 2.08. The summed E-state index contributed by atoms with van der Waals surface area (Å²) in [5.74, 6) is 0.811. The van der Waals surface area contributed by atoms with Gasteiger partial charge in [0.15, 0.2) is 0 Å². The van der Waals surface area contributed by atoms with E-state index in [1.807, 2.05) is 0 Å². The molecule has 0 saturated carbocycles. The van der Waals surface area contributed by atoms with E-state index < -0.39 is 0 Å². The summed E-state index contributed by atoms with van der Waals surface area (Å²) >= 11 is 0. The Morgan fingerprint density at radius 2 is 1.53 bits per heavy atom. The molecular formula is C15H34N2. The number of likely N-dealkylation sites (N-methyl/N-ethyl adjacent to an activating group) is 1. The van der Waals surface area contributed by atoms with Crippen molar-refractivity contribution in [1.29, 1.82) is 0 Å². The largest absolute Gasteiger partial charge is 0.312 e. The van der Waals surface area contributed by atoms with Crippen molar-refractivity contribution in [2.75, 3.05) is 19.6 Å². The molecule has 17 heavy (non-hydrogen) atoms. The first-order chi connectivity index (χ1) is 8.08. The van der Waals surface area contributed by atoms with E-state index in [0.29, 0.717) is 12.1 Å². The van der Waals surface area contributed by atoms with E-state index in [9.17, 15) is 0 Å². The van der Waals surface area contributed by atoms with Crippen LogP contribution in [0.15, 0.2) is 0 Å². The van der Waals surface area contributed by atoms with Crippen molar-refractivity contribution in [3.05, 3.63) is 0 Å². The Morgan fingerprint density at radius 1 is 0.941 bits per heavy atom. The average molecular weight is 242 g/mol. The molecule has 0 bridgehead atoms. The van der Waals surface area contributed by atoms with Gasteiger partial charge in [-0.3, -0.25) is 4.90 Å². The molecule has 0 aromatic heterocycles. The Morgan fingerprint density at radius 3 is 1.94 bits per heavy atom. The molecule has 1 N–H and O–H groups in total. The Labute approximate surface area is 109 Å². The Hall–Kier alpha value is -0.0800. The van der Waals surface area contributed by atoms with E-state index in [1.54, 1.807) is 0 Å². The third-order valence-corrected chi connectivity index (χ3v) is 3.96. The molecule has 0 aliphatic rings. The molecule has 0 radical (unpaired) electrons. The monoisotopic (exact) mass is 242 g/mol. The highest BCUT2D eigenvalue weighted by molar-refractivity contribution is 4.73. The van der Waals surface area contributed by atoms with Gasteiger partial charge >= 0.3 is 0 Å². The molecule has 0 rings (SSSR count). The highest BCUT2D eigenvalue weighted by Gasteiger charge is 2.15. The summed E-state index contributed by atoms with van der Waals surface area (Å²) in [6.07, 6.45) is 3.75. The molecule has 2 nitrogen and oxygen atoms in total. The first kappa shape index (κ1) is 16.9. The molecule has 0 saturated heterocycles. The van der Waals surface area contributed by atoms with E-state index in [1.165, 1.54) is 25.8 Å². The quantitative estimate of drug-likeness (QED) is 0.630. The molecule has 0 heterocycles. The first-order valence-electron chi connectivity index (χ1n) is 7.56. The van der Waals surface area contributed by atoms with Gasteiger partial charge in [-0.25, -0.2) is 0 Å². The van der Waals surface area contributed by atoms with Crippen LogP contribution in [0.25, 0.3) is 0 Å². The molecule has 2 atom stereocenters. The second-order valence-electron chi connectivity index (χ2n) is 5.37. The Kier molecular flexibility index (Phi) is 9.85.